The molecule has 112 valence electrons. The van der Waals surface area contributed by atoms with Crippen molar-refractivity contribution >= 4 is 5.82 Å². The second-order valence-electron chi connectivity index (χ2n) is 6.13. The molecule has 5 nitrogen and oxygen atoms in total. The number of rotatable bonds is 5. The molecule has 0 N–H and O–H groups in total. The lowest BCUT2D eigenvalue weighted by Crippen LogP contribution is -2.68. The van der Waals surface area contributed by atoms with Crippen molar-refractivity contribution in [2.45, 2.75) is 45.8 Å². The molecule has 5 heteroatoms. The van der Waals surface area contributed by atoms with Crippen molar-refractivity contribution in [1.82, 2.24) is 9.97 Å². The van der Waals surface area contributed by atoms with Gasteiger partial charge in [-0.2, -0.15) is 0 Å². The number of hydrogen-bond acceptors (Lipinski definition) is 5. The minimum atomic E-state index is -0.0816. The fourth-order valence-corrected chi connectivity index (χ4v) is 2.99. The van der Waals surface area contributed by atoms with Gasteiger partial charge in [-0.1, -0.05) is 13.8 Å². The molecule has 2 unspecified atom stereocenters. The Morgan fingerprint density at radius 3 is 2.60 bits per heavy atom. The van der Waals surface area contributed by atoms with E-state index in [1.165, 1.54) is 0 Å². The van der Waals surface area contributed by atoms with Gasteiger partial charge in [0.1, 0.15) is 12.1 Å². The Hall–Kier alpha value is -1.36. The number of anilines is 1. The van der Waals surface area contributed by atoms with Gasteiger partial charge in [0, 0.05) is 31.7 Å². The molecular formula is C15H25N3O2. The highest BCUT2D eigenvalue weighted by Gasteiger charge is 2.59. The first-order valence-corrected chi connectivity index (χ1v) is 7.08. The third-order valence-electron chi connectivity index (χ3n) is 4.98. The van der Waals surface area contributed by atoms with E-state index in [9.17, 15) is 0 Å². The van der Waals surface area contributed by atoms with E-state index in [2.05, 4.69) is 42.7 Å². The molecule has 1 heterocycles. The first-order valence-electron chi connectivity index (χ1n) is 7.08. The summed E-state index contributed by atoms with van der Waals surface area (Å²) >= 11 is 0. The maximum atomic E-state index is 5.68. The third kappa shape index (κ3) is 2.24. The highest BCUT2D eigenvalue weighted by molar-refractivity contribution is 5.43. The summed E-state index contributed by atoms with van der Waals surface area (Å²) in [6.07, 6.45) is 2.54. The Bertz CT molecular complexity index is 478. The zero-order valence-corrected chi connectivity index (χ0v) is 13.3. The van der Waals surface area contributed by atoms with Gasteiger partial charge in [-0.3, -0.25) is 0 Å². The molecule has 1 aromatic rings. The van der Waals surface area contributed by atoms with Crippen LogP contribution in [0.25, 0.3) is 0 Å². The summed E-state index contributed by atoms with van der Waals surface area (Å²) in [5.74, 6) is 1.51. The lowest BCUT2D eigenvalue weighted by Gasteiger charge is -2.61. The first-order chi connectivity index (χ1) is 9.35. The van der Waals surface area contributed by atoms with Crippen LogP contribution in [0.1, 0.15) is 34.1 Å². The fourth-order valence-electron chi connectivity index (χ4n) is 2.99. The summed E-state index contributed by atoms with van der Waals surface area (Å²) < 4.78 is 11.1. The zero-order chi connectivity index (χ0) is 15.0. The van der Waals surface area contributed by atoms with Crippen molar-refractivity contribution in [3.05, 3.63) is 12.4 Å². The standard InChI is InChI=1S/C15H25N3O2/c1-7-20-13-8-12(16-10-17-13)18(5)11-9-15(4,19-6)14(11,2)3/h8,10-11H,7,9H2,1-6H3. The van der Waals surface area contributed by atoms with Crippen LogP contribution < -0.4 is 9.64 Å². The summed E-state index contributed by atoms with van der Waals surface area (Å²) in [5.41, 5.74) is -0.0189. The van der Waals surface area contributed by atoms with Crippen molar-refractivity contribution in [3.8, 4) is 5.88 Å². The molecule has 0 saturated heterocycles. The summed E-state index contributed by atoms with van der Waals surface area (Å²) in [6, 6.07) is 2.28. The van der Waals surface area contributed by atoms with Crippen LogP contribution in [-0.4, -0.2) is 42.4 Å². The van der Waals surface area contributed by atoms with Gasteiger partial charge in [0.2, 0.25) is 5.88 Å². The molecule has 1 aromatic heterocycles. The van der Waals surface area contributed by atoms with Gasteiger partial charge < -0.3 is 14.4 Å². The molecule has 20 heavy (non-hydrogen) atoms. The minimum Gasteiger partial charge on any atom is -0.478 e. The Labute approximate surface area is 121 Å². The van der Waals surface area contributed by atoms with Crippen LogP contribution in [0.3, 0.4) is 0 Å². The molecule has 0 spiro atoms. The van der Waals surface area contributed by atoms with Crippen molar-refractivity contribution in [3.63, 3.8) is 0 Å². The van der Waals surface area contributed by atoms with Crippen molar-refractivity contribution < 1.29 is 9.47 Å². The molecule has 0 aromatic carbocycles. The predicted molar refractivity (Wildman–Crippen MR) is 79.2 cm³/mol. The minimum absolute atomic E-state index is 0.0627. The van der Waals surface area contributed by atoms with Crippen LogP contribution in [0.15, 0.2) is 12.4 Å². The maximum absolute atomic E-state index is 5.68. The van der Waals surface area contributed by atoms with Crippen LogP contribution in [0.2, 0.25) is 0 Å². The molecular weight excluding hydrogens is 254 g/mol. The zero-order valence-electron chi connectivity index (χ0n) is 13.3. The molecule has 2 atom stereocenters. The molecule has 1 aliphatic carbocycles. The average molecular weight is 279 g/mol. The molecule has 1 fully saturated rings. The summed E-state index contributed by atoms with van der Waals surface area (Å²) in [6.45, 7) is 9.21. The van der Waals surface area contributed by atoms with E-state index in [0.29, 0.717) is 18.5 Å². The van der Waals surface area contributed by atoms with E-state index in [4.69, 9.17) is 9.47 Å². The van der Waals surface area contributed by atoms with Crippen LogP contribution in [0, 0.1) is 5.41 Å². The SMILES string of the molecule is CCOc1cc(N(C)C2CC(C)(OC)C2(C)C)ncn1. The fraction of sp³-hybridized carbons (Fsp3) is 0.733. The summed E-state index contributed by atoms with van der Waals surface area (Å²) in [7, 11) is 3.86. The molecule has 1 saturated carbocycles. The van der Waals surface area contributed by atoms with E-state index < -0.39 is 0 Å². The van der Waals surface area contributed by atoms with Gasteiger partial charge in [-0.25, -0.2) is 9.97 Å². The van der Waals surface area contributed by atoms with Crippen molar-refractivity contribution in [1.29, 1.82) is 0 Å². The second kappa shape index (κ2) is 5.20. The normalized spacial score (nSPS) is 27.8. The summed E-state index contributed by atoms with van der Waals surface area (Å²) in [4.78, 5) is 10.7. The van der Waals surface area contributed by atoms with Crippen LogP contribution in [-0.2, 0) is 4.74 Å². The van der Waals surface area contributed by atoms with Gasteiger partial charge in [-0.15, -0.1) is 0 Å². The number of aromatic nitrogens is 2. The second-order valence-corrected chi connectivity index (χ2v) is 6.13. The lowest BCUT2D eigenvalue weighted by molar-refractivity contribution is -0.172. The quantitative estimate of drug-likeness (QED) is 0.829. The molecule has 0 bridgehead atoms. The smallest absolute Gasteiger partial charge is 0.218 e. The molecule has 0 amide bonds. The first kappa shape index (κ1) is 15.0. The Morgan fingerprint density at radius 1 is 1.35 bits per heavy atom. The molecule has 2 rings (SSSR count). The monoisotopic (exact) mass is 279 g/mol. The van der Waals surface area contributed by atoms with Gasteiger partial charge in [0.25, 0.3) is 0 Å². The largest absolute Gasteiger partial charge is 0.478 e. The van der Waals surface area contributed by atoms with Gasteiger partial charge in [0.15, 0.2) is 0 Å². The van der Waals surface area contributed by atoms with Gasteiger partial charge >= 0.3 is 0 Å². The number of ether oxygens (including phenoxy) is 2. The van der Waals surface area contributed by atoms with E-state index >= 15 is 0 Å². The summed E-state index contributed by atoms with van der Waals surface area (Å²) in [5, 5.41) is 0. The number of methoxy groups -OCH3 is 1. The Morgan fingerprint density at radius 2 is 2.05 bits per heavy atom. The van der Waals surface area contributed by atoms with E-state index in [1.54, 1.807) is 13.4 Å². The Kier molecular flexibility index (Phi) is 3.91. The van der Waals surface area contributed by atoms with E-state index in [-0.39, 0.29) is 11.0 Å². The van der Waals surface area contributed by atoms with E-state index in [1.807, 2.05) is 13.0 Å². The molecule has 0 radical (unpaired) electrons. The van der Waals surface area contributed by atoms with Crippen LogP contribution in [0.4, 0.5) is 5.82 Å². The Balaban J connectivity index is 2.17. The topological polar surface area (TPSA) is 47.5 Å². The van der Waals surface area contributed by atoms with Gasteiger partial charge in [-0.05, 0) is 20.3 Å². The highest BCUT2D eigenvalue weighted by Crippen LogP contribution is 2.54. The van der Waals surface area contributed by atoms with Crippen molar-refractivity contribution in [2.75, 3.05) is 25.7 Å². The lowest BCUT2D eigenvalue weighted by atomic mass is 9.55. The molecule has 1 aliphatic rings. The maximum Gasteiger partial charge on any atom is 0.218 e. The van der Waals surface area contributed by atoms with Gasteiger partial charge in [0.05, 0.1) is 12.2 Å². The number of nitrogens with zero attached hydrogens (tertiary/aromatic N) is 3. The van der Waals surface area contributed by atoms with Crippen LogP contribution in [0.5, 0.6) is 5.88 Å². The molecule has 0 aliphatic heterocycles. The third-order valence-corrected chi connectivity index (χ3v) is 4.98. The van der Waals surface area contributed by atoms with Crippen molar-refractivity contribution in [2.24, 2.45) is 5.41 Å². The number of hydrogen-bond donors (Lipinski definition) is 0. The highest BCUT2D eigenvalue weighted by atomic mass is 16.5. The van der Waals surface area contributed by atoms with E-state index in [0.717, 1.165) is 12.2 Å². The predicted octanol–water partition coefficient (Wildman–Crippen LogP) is 2.52. The van der Waals surface area contributed by atoms with Crippen LogP contribution >= 0.6 is 0 Å². The average Bonchev–Trinajstić information content (AvgIpc) is 2.44.